The van der Waals surface area contributed by atoms with Gasteiger partial charge in [0.05, 0.1) is 0 Å². The van der Waals surface area contributed by atoms with Crippen LogP contribution in [0.2, 0.25) is 0 Å². The lowest BCUT2D eigenvalue weighted by molar-refractivity contribution is -0.116. The molecule has 1 amide bonds. The van der Waals surface area contributed by atoms with Gasteiger partial charge < -0.3 is 5.32 Å². The third-order valence-corrected chi connectivity index (χ3v) is 4.10. The zero-order valence-corrected chi connectivity index (χ0v) is 13.2. The van der Waals surface area contributed by atoms with Gasteiger partial charge in [-0.1, -0.05) is 17.7 Å². The maximum Gasteiger partial charge on any atom is 0.244 e. The topological polar surface area (TPSA) is 32.3 Å². The van der Waals surface area contributed by atoms with E-state index in [1.165, 1.54) is 5.57 Å². The summed E-state index contributed by atoms with van der Waals surface area (Å²) < 4.78 is 0. The number of nitrogens with one attached hydrogen (secondary N) is 1. The molecule has 0 spiro atoms. The van der Waals surface area contributed by atoms with Crippen LogP contribution in [-0.2, 0) is 4.79 Å². The summed E-state index contributed by atoms with van der Waals surface area (Å²) in [5.41, 5.74) is 1.43. The molecule has 108 valence electrons. The summed E-state index contributed by atoms with van der Waals surface area (Å²) in [6.45, 7) is 11.5. The zero-order valence-electron chi connectivity index (χ0n) is 13.2. The smallest absolute Gasteiger partial charge is 0.244 e. The number of allylic oxidation sites excluding steroid dienone is 1. The van der Waals surface area contributed by atoms with Crippen molar-refractivity contribution < 1.29 is 4.79 Å². The van der Waals surface area contributed by atoms with Crippen molar-refractivity contribution in [2.45, 2.75) is 58.5 Å². The molecule has 1 saturated heterocycles. The SMILES string of the molecule is C/C=C/CNC(=O)C=C1CC(C)(C)N(C)C(C)(C)C1. The number of likely N-dealkylation sites (tertiary alicyclic amines) is 1. The van der Waals surface area contributed by atoms with Gasteiger partial charge in [0.2, 0.25) is 5.91 Å². The average molecular weight is 264 g/mol. The van der Waals surface area contributed by atoms with Crippen LogP contribution in [0.25, 0.3) is 0 Å². The van der Waals surface area contributed by atoms with Crippen LogP contribution in [-0.4, -0.2) is 35.5 Å². The monoisotopic (exact) mass is 264 g/mol. The molecule has 3 heteroatoms. The second kappa shape index (κ2) is 5.91. The van der Waals surface area contributed by atoms with Crippen LogP contribution in [0.3, 0.4) is 0 Å². The first-order valence-corrected chi connectivity index (χ1v) is 7.01. The first-order valence-electron chi connectivity index (χ1n) is 7.01. The molecule has 0 aromatic heterocycles. The van der Waals surface area contributed by atoms with E-state index in [0.29, 0.717) is 6.54 Å². The molecule has 0 aliphatic carbocycles. The Morgan fingerprint density at radius 3 is 2.26 bits per heavy atom. The summed E-state index contributed by atoms with van der Waals surface area (Å²) >= 11 is 0. The fourth-order valence-electron chi connectivity index (χ4n) is 2.85. The molecule has 0 bridgehead atoms. The molecule has 0 saturated carbocycles. The largest absolute Gasteiger partial charge is 0.349 e. The van der Waals surface area contributed by atoms with Crippen molar-refractivity contribution >= 4 is 5.91 Å². The van der Waals surface area contributed by atoms with Crippen molar-refractivity contribution in [3.05, 3.63) is 23.8 Å². The number of piperidine rings is 1. The Morgan fingerprint density at radius 1 is 1.26 bits per heavy atom. The molecule has 0 aromatic carbocycles. The molecule has 1 N–H and O–H groups in total. The van der Waals surface area contributed by atoms with Gasteiger partial charge in [0.15, 0.2) is 0 Å². The minimum absolute atomic E-state index is 0.0178. The average Bonchev–Trinajstić information content (AvgIpc) is 2.25. The number of carbonyl (C=O) groups excluding carboxylic acids is 1. The number of carbonyl (C=O) groups is 1. The van der Waals surface area contributed by atoms with Crippen LogP contribution in [0.5, 0.6) is 0 Å². The van der Waals surface area contributed by atoms with Gasteiger partial charge in [0.1, 0.15) is 0 Å². The molecule has 1 aliphatic rings. The van der Waals surface area contributed by atoms with Gasteiger partial charge in [-0.3, -0.25) is 9.69 Å². The third kappa shape index (κ3) is 4.20. The lowest BCUT2D eigenvalue weighted by Crippen LogP contribution is -2.56. The van der Waals surface area contributed by atoms with Gasteiger partial charge in [-0.15, -0.1) is 0 Å². The van der Waals surface area contributed by atoms with Gasteiger partial charge in [-0.2, -0.15) is 0 Å². The molecule has 0 radical (unpaired) electrons. The van der Waals surface area contributed by atoms with Gasteiger partial charge in [-0.25, -0.2) is 0 Å². The van der Waals surface area contributed by atoms with Crippen molar-refractivity contribution in [1.82, 2.24) is 10.2 Å². The lowest BCUT2D eigenvalue weighted by atomic mass is 9.77. The Balaban J connectivity index is 2.76. The highest BCUT2D eigenvalue weighted by atomic mass is 16.1. The van der Waals surface area contributed by atoms with E-state index >= 15 is 0 Å². The van der Waals surface area contributed by atoms with Crippen LogP contribution in [0.1, 0.15) is 47.5 Å². The van der Waals surface area contributed by atoms with Crippen LogP contribution in [0.15, 0.2) is 23.8 Å². The normalized spacial score (nSPS) is 22.5. The maximum atomic E-state index is 11.9. The van der Waals surface area contributed by atoms with Crippen molar-refractivity contribution in [3.8, 4) is 0 Å². The van der Waals surface area contributed by atoms with Gasteiger partial charge in [-0.05, 0) is 54.5 Å². The molecule has 1 aliphatic heterocycles. The summed E-state index contributed by atoms with van der Waals surface area (Å²) in [5.74, 6) is 0.0178. The molecule has 3 nitrogen and oxygen atoms in total. The lowest BCUT2D eigenvalue weighted by Gasteiger charge is -2.51. The predicted molar refractivity (Wildman–Crippen MR) is 81.1 cm³/mol. The molecule has 1 fully saturated rings. The number of hydrogen-bond donors (Lipinski definition) is 1. The van der Waals surface area contributed by atoms with Crippen molar-refractivity contribution in [1.29, 1.82) is 0 Å². The van der Waals surface area contributed by atoms with E-state index in [0.717, 1.165) is 12.8 Å². The van der Waals surface area contributed by atoms with E-state index in [4.69, 9.17) is 0 Å². The standard InChI is InChI=1S/C16H28N2O/c1-7-8-9-17-14(19)10-13-11-15(2,3)18(6)16(4,5)12-13/h7-8,10H,9,11-12H2,1-6H3,(H,17,19)/b8-7+. The number of rotatable bonds is 3. The second-order valence-corrected chi connectivity index (χ2v) is 6.65. The third-order valence-electron chi connectivity index (χ3n) is 4.10. The van der Waals surface area contributed by atoms with E-state index in [1.807, 2.05) is 19.1 Å². The first-order chi connectivity index (χ1) is 8.69. The van der Waals surface area contributed by atoms with Gasteiger partial charge >= 0.3 is 0 Å². The highest BCUT2D eigenvalue weighted by Gasteiger charge is 2.40. The summed E-state index contributed by atoms with van der Waals surface area (Å²) in [7, 11) is 2.17. The van der Waals surface area contributed by atoms with Crippen molar-refractivity contribution in [2.75, 3.05) is 13.6 Å². The van der Waals surface area contributed by atoms with Crippen LogP contribution < -0.4 is 5.32 Å². The Morgan fingerprint density at radius 2 is 1.79 bits per heavy atom. The van der Waals surface area contributed by atoms with Crippen molar-refractivity contribution in [2.24, 2.45) is 0 Å². The molecular formula is C16H28N2O. The highest BCUT2D eigenvalue weighted by Crippen LogP contribution is 2.39. The molecule has 1 rings (SSSR count). The highest BCUT2D eigenvalue weighted by molar-refractivity contribution is 5.88. The minimum Gasteiger partial charge on any atom is -0.349 e. The van der Waals surface area contributed by atoms with E-state index in [-0.39, 0.29) is 17.0 Å². The number of nitrogens with zero attached hydrogens (tertiary/aromatic N) is 1. The van der Waals surface area contributed by atoms with Crippen LogP contribution in [0.4, 0.5) is 0 Å². The minimum atomic E-state index is 0.0178. The molecule has 0 aromatic rings. The molecule has 0 atom stereocenters. The van der Waals surface area contributed by atoms with E-state index in [1.54, 1.807) is 6.08 Å². The summed E-state index contributed by atoms with van der Waals surface area (Å²) in [5, 5.41) is 2.88. The number of hydrogen-bond acceptors (Lipinski definition) is 2. The predicted octanol–water partition coefficient (Wildman–Crippen LogP) is 2.89. The van der Waals surface area contributed by atoms with Crippen LogP contribution in [0, 0.1) is 0 Å². The zero-order chi connectivity index (χ0) is 14.7. The summed E-state index contributed by atoms with van der Waals surface area (Å²) in [6, 6.07) is 0. The van der Waals surface area contributed by atoms with Gasteiger partial charge in [0.25, 0.3) is 0 Å². The van der Waals surface area contributed by atoms with Crippen LogP contribution >= 0.6 is 0 Å². The van der Waals surface area contributed by atoms with Crippen molar-refractivity contribution in [3.63, 3.8) is 0 Å². The Hall–Kier alpha value is -1.09. The fraction of sp³-hybridized carbons (Fsp3) is 0.688. The molecule has 0 unspecified atom stereocenters. The quantitative estimate of drug-likeness (QED) is 0.628. The second-order valence-electron chi connectivity index (χ2n) is 6.65. The summed E-state index contributed by atoms with van der Waals surface area (Å²) in [4.78, 5) is 14.3. The summed E-state index contributed by atoms with van der Waals surface area (Å²) in [6.07, 6.45) is 7.57. The number of amides is 1. The fourth-order valence-corrected chi connectivity index (χ4v) is 2.85. The Bertz CT molecular complexity index is 372. The molecule has 19 heavy (non-hydrogen) atoms. The Kier molecular flexibility index (Phi) is 4.97. The Labute approximate surface area is 117 Å². The molecule has 1 heterocycles. The van der Waals surface area contributed by atoms with E-state index in [9.17, 15) is 4.79 Å². The van der Waals surface area contributed by atoms with E-state index < -0.39 is 0 Å². The molecular weight excluding hydrogens is 236 g/mol. The maximum absolute atomic E-state index is 11.9. The van der Waals surface area contributed by atoms with E-state index in [2.05, 4.69) is 45.0 Å². The first kappa shape index (κ1) is 16.0. The van der Waals surface area contributed by atoms with Gasteiger partial charge in [0, 0.05) is 23.7 Å².